The van der Waals surface area contributed by atoms with E-state index in [0.717, 1.165) is 11.8 Å². The van der Waals surface area contributed by atoms with Crippen molar-refractivity contribution in [2.24, 2.45) is 0 Å². The lowest BCUT2D eigenvalue weighted by molar-refractivity contribution is -0.118. The van der Waals surface area contributed by atoms with Gasteiger partial charge in [0.25, 0.3) is 17.1 Å². The molecule has 0 unspecified atom stereocenters. The topological polar surface area (TPSA) is 103 Å². The Balaban J connectivity index is 1.63. The van der Waals surface area contributed by atoms with E-state index in [2.05, 4.69) is 10.6 Å². The van der Waals surface area contributed by atoms with Crippen LogP contribution in [0.3, 0.4) is 0 Å². The highest BCUT2D eigenvalue weighted by Gasteiger charge is 2.25. The van der Waals surface area contributed by atoms with Crippen molar-refractivity contribution >= 4 is 40.6 Å². The van der Waals surface area contributed by atoms with Gasteiger partial charge in [0.1, 0.15) is 5.75 Å². The summed E-state index contributed by atoms with van der Waals surface area (Å²) in [5.74, 6) is 0.692. The van der Waals surface area contributed by atoms with Crippen LogP contribution >= 0.6 is 11.8 Å². The Morgan fingerprint density at radius 1 is 1.07 bits per heavy atom. The molecule has 29 heavy (non-hydrogen) atoms. The molecule has 2 aromatic carbocycles. The number of thioether (sulfide) groups is 1. The van der Waals surface area contributed by atoms with Gasteiger partial charge in [-0.25, -0.2) is 0 Å². The van der Waals surface area contributed by atoms with E-state index in [-0.39, 0.29) is 12.5 Å². The van der Waals surface area contributed by atoms with Gasteiger partial charge in [-0.15, -0.1) is 0 Å². The van der Waals surface area contributed by atoms with Gasteiger partial charge in [0.2, 0.25) is 0 Å². The third-order valence-electron chi connectivity index (χ3n) is 3.86. The van der Waals surface area contributed by atoms with E-state index >= 15 is 0 Å². The summed E-state index contributed by atoms with van der Waals surface area (Å²) in [6.45, 7) is -0.213. The highest BCUT2D eigenvalue weighted by molar-refractivity contribution is 8.18. The number of carbonyl (C=O) groups excluding carboxylic acids is 3. The van der Waals surface area contributed by atoms with Crippen molar-refractivity contribution in [1.82, 2.24) is 5.32 Å². The number of anilines is 1. The van der Waals surface area contributed by atoms with Crippen LogP contribution in [0.5, 0.6) is 17.2 Å². The fourth-order valence-corrected chi connectivity index (χ4v) is 3.16. The first-order chi connectivity index (χ1) is 14.0. The molecule has 1 fully saturated rings. The molecule has 8 nitrogen and oxygen atoms in total. The molecule has 1 aliphatic rings. The summed E-state index contributed by atoms with van der Waals surface area (Å²) in [4.78, 5) is 35.3. The van der Waals surface area contributed by atoms with Crippen molar-refractivity contribution in [3.8, 4) is 17.2 Å². The average molecular weight is 414 g/mol. The Hall–Kier alpha value is -3.46. The predicted molar refractivity (Wildman–Crippen MR) is 109 cm³/mol. The van der Waals surface area contributed by atoms with E-state index in [9.17, 15) is 14.4 Å². The van der Waals surface area contributed by atoms with E-state index < -0.39 is 11.1 Å². The maximum Gasteiger partial charge on any atom is 0.290 e. The Morgan fingerprint density at radius 2 is 1.83 bits per heavy atom. The van der Waals surface area contributed by atoms with Crippen molar-refractivity contribution in [1.29, 1.82) is 0 Å². The second-order valence-electron chi connectivity index (χ2n) is 5.83. The third-order valence-corrected chi connectivity index (χ3v) is 4.67. The van der Waals surface area contributed by atoms with E-state index in [1.807, 2.05) is 0 Å². The minimum Gasteiger partial charge on any atom is -0.497 e. The van der Waals surface area contributed by atoms with Crippen LogP contribution in [0.1, 0.15) is 5.56 Å². The molecule has 1 saturated heterocycles. The Morgan fingerprint density at radius 3 is 2.45 bits per heavy atom. The van der Waals surface area contributed by atoms with Gasteiger partial charge in [0.15, 0.2) is 18.1 Å². The summed E-state index contributed by atoms with van der Waals surface area (Å²) in [5, 5.41) is 4.51. The molecule has 0 aromatic heterocycles. The van der Waals surface area contributed by atoms with E-state index in [0.29, 0.717) is 33.4 Å². The van der Waals surface area contributed by atoms with Gasteiger partial charge in [0.05, 0.1) is 19.1 Å². The fraction of sp³-hybridized carbons (Fsp3) is 0.150. The lowest BCUT2D eigenvalue weighted by atomic mass is 10.2. The summed E-state index contributed by atoms with van der Waals surface area (Å²) in [6.07, 6.45) is 1.58. The maximum absolute atomic E-state index is 12.1. The van der Waals surface area contributed by atoms with Crippen molar-refractivity contribution < 1.29 is 28.6 Å². The van der Waals surface area contributed by atoms with Crippen molar-refractivity contribution in [2.45, 2.75) is 0 Å². The SMILES string of the molecule is COc1ccc(NC(=O)COc2ccc(/C=C3\SC(=O)NC3=O)cc2OC)cc1. The second-order valence-corrected chi connectivity index (χ2v) is 6.84. The molecule has 2 N–H and O–H groups in total. The largest absolute Gasteiger partial charge is 0.497 e. The molecule has 1 aliphatic heterocycles. The minimum atomic E-state index is -0.436. The molecule has 0 saturated carbocycles. The number of amides is 3. The van der Waals surface area contributed by atoms with Crippen LogP contribution in [0, 0.1) is 0 Å². The molecule has 0 aliphatic carbocycles. The molecular formula is C20H18N2O6S. The Kier molecular flexibility index (Phi) is 6.40. The Labute approximate surface area is 171 Å². The van der Waals surface area contributed by atoms with Crippen LogP contribution in [0.15, 0.2) is 47.4 Å². The molecule has 0 radical (unpaired) electrons. The molecule has 2 aromatic rings. The summed E-state index contributed by atoms with van der Waals surface area (Å²) in [7, 11) is 3.04. The molecule has 0 bridgehead atoms. The van der Waals surface area contributed by atoms with Gasteiger partial charge in [-0.05, 0) is 59.8 Å². The zero-order valence-electron chi connectivity index (χ0n) is 15.7. The zero-order chi connectivity index (χ0) is 20.8. The monoisotopic (exact) mass is 414 g/mol. The van der Waals surface area contributed by atoms with Crippen LogP contribution in [0.4, 0.5) is 10.5 Å². The first-order valence-corrected chi connectivity index (χ1v) is 9.29. The van der Waals surface area contributed by atoms with Gasteiger partial charge in [-0.1, -0.05) is 6.07 Å². The van der Waals surface area contributed by atoms with Crippen molar-refractivity contribution in [2.75, 3.05) is 26.1 Å². The summed E-state index contributed by atoms with van der Waals surface area (Å²) in [5.41, 5.74) is 1.28. The number of rotatable bonds is 7. The summed E-state index contributed by atoms with van der Waals surface area (Å²) < 4.78 is 15.9. The van der Waals surface area contributed by atoms with Crippen LogP contribution in [0.25, 0.3) is 6.08 Å². The van der Waals surface area contributed by atoms with E-state index in [4.69, 9.17) is 14.2 Å². The average Bonchev–Trinajstić information content (AvgIpc) is 3.04. The normalized spacial score (nSPS) is 14.5. The molecule has 0 spiro atoms. The summed E-state index contributed by atoms with van der Waals surface area (Å²) >= 11 is 0.832. The van der Waals surface area contributed by atoms with Gasteiger partial charge >= 0.3 is 0 Å². The number of ether oxygens (including phenoxy) is 3. The molecule has 0 atom stereocenters. The van der Waals surface area contributed by atoms with Crippen LogP contribution < -0.4 is 24.8 Å². The molecule has 3 rings (SSSR count). The lowest BCUT2D eigenvalue weighted by Gasteiger charge is -2.12. The third kappa shape index (κ3) is 5.29. The van der Waals surface area contributed by atoms with Crippen LogP contribution in [-0.2, 0) is 9.59 Å². The highest BCUT2D eigenvalue weighted by Crippen LogP contribution is 2.31. The fourth-order valence-electron chi connectivity index (χ4n) is 2.48. The lowest BCUT2D eigenvalue weighted by Crippen LogP contribution is -2.20. The van der Waals surface area contributed by atoms with Crippen LogP contribution in [-0.4, -0.2) is 37.9 Å². The quantitative estimate of drug-likeness (QED) is 0.671. The number of imide groups is 1. The number of nitrogens with one attached hydrogen (secondary N) is 2. The summed E-state index contributed by atoms with van der Waals surface area (Å²) in [6, 6.07) is 11.9. The molecule has 9 heteroatoms. The number of benzene rings is 2. The predicted octanol–water partition coefficient (Wildman–Crippen LogP) is 3.05. The number of hydrogen-bond donors (Lipinski definition) is 2. The minimum absolute atomic E-state index is 0.213. The Bertz CT molecular complexity index is 971. The van der Waals surface area contributed by atoms with Crippen molar-refractivity contribution in [3.63, 3.8) is 0 Å². The number of carbonyl (C=O) groups is 3. The molecule has 150 valence electrons. The van der Waals surface area contributed by atoms with Gasteiger partial charge in [-0.3, -0.25) is 19.7 Å². The molecule has 1 heterocycles. The molecule has 3 amide bonds. The van der Waals surface area contributed by atoms with Gasteiger partial charge in [-0.2, -0.15) is 0 Å². The first kappa shape index (κ1) is 20.3. The maximum atomic E-state index is 12.1. The smallest absolute Gasteiger partial charge is 0.290 e. The van der Waals surface area contributed by atoms with Gasteiger partial charge < -0.3 is 19.5 Å². The van der Waals surface area contributed by atoms with Crippen molar-refractivity contribution in [3.05, 3.63) is 52.9 Å². The standard InChI is InChI=1S/C20H18N2O6S/c1-26-14-6-4-13(5-7-14)21-18(23)11-28-15-8-3-12(9-16(15)27-2)10-17-19(24)22-20(25)29-17/h3-10H,11H2,1-2H3,(H,21,23)(H,22,24,25)/b17-10-. The van der Waals surface area contributed by atoms with Crippen LogP contribution in [0.2, 0.25) is 0 Å². The highest BCUT2D eigenvalue weighted by atomic mass is 32.2. The second kappa shape index (κ2) is 9.16. The number of methoxy groups -OCH3 is 2. The van der Waals surface area contributed by atoms with Gasteiger partial charge in [0, 0.05) is 5.69 Å². The van der Waals surface area contributed by atoms with E-state index in [1.165, 1.54) is 7.11 Å². The first-order valence-electron chi connectivity index (χ1n) is 8.48. The van der Waals surface area contributed by atoms with E-state index in [1.54, 1.807) is 55.7 Å². The zero-order valence-corrected chi connectivity index (χ0v) is 16.5. The molecular weight excluding hydrogens is 396 g/mol. The number of hydrogen-bond acceptors (Lipinski definition) is 7.